The highest BCUT2D eigenvalue weighted by Crippen LogP contribution is 2.31. The van der Waals surface area contributed by atoms with Crippen molar-refractivity contribution in [3.05, 3.63) is 29.7 Å². The number of rotatable bonds is 3. The third-order valence-electron chi connectivity index (χ3n) is 3.78. The lowest BCUT2D eigenvalue weighted by Crippen LogP contribution is -2.30. The number of carbonyl (C=O) groups excluding carboxylic acids is 1. The molecule has 5 nitrogen and oxygen atoms in total. The molecule has 0 amide bonds. The Labute approximate surface area is 112 Å². The maximum atomic E-state index is 11.0. The molecule has 0 saturated carbocycles. The molecule has 3 heterocycles. The molecule has 100 valence electrons. The molecule has 2 aromatic heterocycles. The van der Waals surface area contributed by atoms with Crippen LogP contribution in [0.1, 0.15) is 49.0 Å². The van der Waals surface area contributed by atoms with Crippen LogP contribution in [0, 0.1) is 0 Å². The van der Waals surface area contributed by atoms with Crippen molar-refractivity contribution in [3.8, 4) is 0 Å². The number of likely N-dealkylation sites (tertiary alicyclic amines) is 1. The van der Waals surface area contributed by atoms with E-state index in [0.717, 1.165) is 30.7 Å². The van der Waals surface area contributed by atoms with Crippen molar-refractivity contribution >= 4 is 11.9 Å². The number of carbonyl (C=O) groups is 1. The number of nitrogens with zero attached hydrogens (tertiary/aromatic N) is 4. The minimum atomic E-state index is 0.277. The first kappa shape index (κ1) is 12.3. The van der Waals surface area contributed by atoms with Crippen molar-refractivity contribution < 1.29 is 4.79 Å². The maximum Gasteiger partial charge on any atom is 0.168 e. The number of hydrogen-bond acceptors (Lipinski definition) is 4. The molecule has 3 rings (SSSR count). The largest absolute Gasteiger partial charge is 0.296 e. The van der Waals surface area contributed by atoms with Crippen molar-refractivity contribution in [1.29, 1.82) is 0 Å². The second-order valence-corrected chi connectivity index (χ2v) is 5.30. The highest BCUT2D eigenvalue weighted by molar-refractivity contribution is 5.73. The molecule has 0 bridgehead atoms. The summed E-state index contributed by atoms with van der Waals surface area (Å²) in [7, 11) is 0. The highest BCUT2D eigenvalue weighted by atomic mass is 16.1. The summed E-state index contributed by atoms with van der Waals surface area (Å²) in [6, 6.07) is 6.25. The molecule has 19 heavy (non-hydrogen) atoms. The van der Waals surface area contributed by atoms with Crippen molar-refractivity contribution in [2.75, 3.05) is 6.54 Å². The normalized spacial score (nSPS) is 20.5. The average Bonchev–Trinajstić information content (AvgIpc) is 3.03. The molecule has 1 saturated heterocycles. The molecule has 1 aliphatic heterocycles. The van der Waals surface area contributed by atoms with E-state index in [2.05, 4.69) is 28.8 Å². The fraction of sp³-hybridized carbons (Fsp3) is 0.500. The van der Waals surface area contributed by atoms with E-state index in [1.807, 2.05) is 12.1 Å². The lowest BCUT2D eigenvalue weighted by atomic mass is 10.2. The summed E-state index contributed by atoms with van der Waals surface area (Å²) < 4.78 is 1.64. The van der Waals surface area contributed by atoms with Crippen LogP contribution in [0.25, 0.3) is 5.65 Å². The molecule has 0 aromatic carbocycles. The molecule has 1 fully saturated rings. The van der Waals surface area contributed by atoms with Gasteiger partial charge in [0, 0.05) is 6.04 Å². The second-order valence-electron chi connectivity index (χ2n) is 5.30. The lowest BCUT2D eigenvalue weighted by molar-refractivity contribution is 0.111. The minimum Gasteiger partial charge on any atom is -0.296 e. The van der Waals surface area contributed by atoms with E-state index in [1.54, 1.807) is 10.6 Å². The van der Waals surface area contributed by atoms with Crippen molar-refractivity contribution in [2.45, 2.75) is 38.8 Å². The Morgan fingerprint density at radius 3 is 3.00 bits per heavy atom. The summed E-state index contributed by atoms with van der Waals surface area (Å²) in [5.41, 5.74) is 1.29. The highest BCUT2D eigenvalue weighted by Gasteiger charge is 2.31. The van der Waals surface area contributed by atoms with Crippen LogP contribution < -0.4 is 0 Å². The third kappa shape index (κ3) is 2.04. The van der Waals surface area contributed by atoms with E-state index >= 15 is 0 Å². The molecule has 0 spiro atoms. The van der Waals surface area contributed by atoms with Crippen molar-refractivity contribution in [1.82, 2.24) is 19.5 Å². The summed E-state index contributed by atoms with van der Waals surface area (Å²) in [5, 5.41) is 4.53. The van der Waals surface area contributed by atoms with E-state index in [4.69, 9.17) is 0 Å². The zero-order valence-electron chi connectivity index (χ0n) is 11.3. The molecular weight excluding hydrogens is 240 g/mol. The lowest BCUT2D eigenvalue weighted by Gasteiger charge is -2.26. The van der Waals surface area contributed by atoms with Gasteiger partial charge >= 0.3 is 0 Å². The Kier molecular flexibility index (Phi) is 3.06. The number of pyridine rings is 1. The first-order chi connectivity index (χ1) is 9.20. The minimum absolute atomic E-state index is 0.277. The molecule has 0 N–H and O–H groups in total. The van der Waals surface area contributed by atoms with Gasteiger partial charge in [-0.15, -0.1) is 5.10 Å². The summed E-state index contributed by atoms with van der Waals surface area (Å²) in [4.78, 5) is 18.0. The van der Waals surface area contributed by atoms with Gasteiger partial charge in [-0.2, -0.15) is 0 Å². The van der Waals surface area contributed by atoms with Crippen molar-refractivity contribution in [2.24, 2.45) is 0 Å². The van der Waals surface area contributed by atoms with E-state index < -0.39 is 0 Å². The van der Waals surface area contributed by atoms with Gasteiger partial charge in [-0.3, -0.25) is 9.69 Å². The quantitative estimate of drug-likeness (QED) is 0.791. The molecule has 0 radical (unpaired) electrons. The standard InChI is InChI=1S/C14H18N4O/c1-10(2)17-8-4-6-12(17)14-15-13-7-3-5-11(9-19)18(13)16-14/h3,5,7,9-10,12H,4,6,8H2,1-2H3. The van der Waals surface area contributed by atoms with Crippen LogP contribution in [0.2, 0.25) is 0 Å². The van der Waals surface area contributed by atoms with Gasteiger partial charge in [0.1, 0.15) is 5.69 Å². The van der Waals surface area contributed by atoms with Crippen LogP contribution >= 0.6 is 0 Å². The van der Waals surface area contributed by atoms with E-state index in [0.29, 0.717) is 11.7 Å². The van der Waals surface area contributed by atoms with Gasteiger partial charge in [-0.05, 0) is 45.4 Å². The van der Waals surface area contributed by atoms with Crippen LogP contribution in [-0.2, 0) is 0 Å². The average molecular weight is 258 g/mol. The molecule has 1 aliphatic rings. The summed E-state index contributed by atoms with van der Waals surface area (Å²) >= 11 is 0. The molecule has 5 heteroatoms. The van der Waals surface area contributed by atoms with E-state index in [9.17, 15) is 4.79 Å². The molecule has 0 aliphatic carbocycles. The summed E-state index contributed by atoms with van der Waals surface area (Å²) in [5.74, 6) is 0.834. The van der Waals surface area contributed by atoms with E-state index in [1.165, 1.54) is 6.42 Å². The predicted octanol–water partition coefficient (Wildman–Crippen LogP) is 2.09. The zero-order chi connectivity index (χ0) is 13.4. The number of aromatic nitrogens is 3. The monoisotopic (exact) mass is 258 g/mol. The Bertz CT molecular complexity index is 605. The number of fused-ring (bicyclic) bond motifs is 1. The maximum absolute atomic E-state index is 11.0. The SMILES string of the molecule is CC(C)N1CCCC1c1nc2cccc(C=O)n2n1. The van der Waals surface area contributed by atoms with Gasteiger partial charge in [-0.25, -0.2) is 9.50 Å². The first-order valence-corrected chi connectivity index (χ1v) is 6.77. The Hall–Kier alpha value is -1.75. The molecular formula is C14H18N4O. The molecule has 1 unspecified atom stereocenters. The van der Waals surface area contributed by atoms with Gasteiger partial charge < -0.3 is 0 Å². The predicted molar refractivity (Wildman–Crippen MR) is 72.2 cm³/mol. The van der Waals surface area contributed by atoms with Crippen LogP contribution in [0.15, 0.2) is 18.2 Å². The Morgan fingerprint density at radius 1 is 1.42 bits per heavy atom. The molecule has 1 atom stereocenters. The van der Waals surface area contributed by atoms with Gasteiger partial charge in [0.25, 0.3) is 0 Å². The van der Waals surface area contributed by atoms with E-state index in [-0.39, 0.29) is 6.04 Å². The Morgan fingerprint density at radius 2 is 2.26 bits per heavy atom. The first-order valence-electron chi connectivity index (χ1n) is 6.77. The molecule has 2 aromatic rings. The smallest absolute Gasteiger partial charge is 0.168 e. The fourth-order valence-corrected chi connectivity index (χ4v) is 2.86. The summed E-state index contributed by atoms with van der Waals surface area (Å²) in [6.45, 7) is 5.49. The topological polar surface area (TPSA) is 50.5 Å². The van der Waals surface area contributed by atoms with Crippen LogP contribution in [0.3, 0.4) is 0 Å². The van der Waals surface area contributed by atoms with Crippen LogP contribution in [0.4, 0.5) is 0 Å². The van der Waals surface area contributed by atoms with Crippen LogP contribution in [0.5, 0.6) is 0 Å². The number of hydrogen-bond donors (Lipinski definition) is 0. The summed E-state index contributed by atoms with van der Waals surface area (Å²) in [6.07, 6.45) is 3.09. The van der Waals surface area contributed by atoms with Crippen molar-refractivity contribution in [3.63, 3.8) is 0 Å². The van der Waals surface area contributed by atoms with Gasteiger partial charge in [0.05, 0.1) is 6.04 Å². The van der Waals surface area contributed by atoms with Gasteiger partial charge in [0.15, 0.2) is 17.8 Å². The van der Waals surface area contributed by atoms with Crippen LogP contribution in [-0.4, -0.2) is 38.4 Å². The second kappa shape index (κ2) is 4.74. The fourth-order valence-electron chi connectivity index (χ4n) is 2.86. The number of aldehydes is 1. The zero-order valence-corrected chi connectivity index (χ0v) is 11.3. The van der Waals surface area contributed by atoms with Gasteiger partial charge in [0.2, 0.25) is 0 Å². The Balaban J connectivity index is 2.04. The van der Waals surface area contributed by atoms with Gasteiger partial charge in [-0.1, -0.05) is 6.07 Å². The third-order valence-corrected chi connectivity index (χ3v) is 3.78.